The van der Waals surface area contributed by atoms with Crippen LogP contribution in [0.25, 0.3) is 32.7 Å². The van der Waals surface area contributed by atoms with Crippen molar-refractivity contribution in [1.82, 2.24) is 0 Å². The highest BCUT2D eigenvalue weighted by Gasteiger charge is 2.20. The average Bonchev–Trinajstić information content (AvgIpc) is 2.68. The second-order valence-electron chi connectivity index (χ2n) is 6.54. The molecule has 5 heteroatoms. The van der Waals surface area contributed by atoms with Gasteiger partial charge in [-0.1, -0.05) is 36.4 Å². The summed E-state index contributed by atoms with van der Waals surface area (Å²) in [5.74, 6) is -0.228. The molecule has 0 bridgehead atoms. The van der Waals surface area contributed by atoms with E-state index in [-0.39, 0.29) is 17.4 Å². The number of phenols is 2. The Morgan fingerprint density at radius 2 is 1.43 bits per heavy atom. The Bertz CT molecular complexity index is 1260. The van der Waals surface area contributed by atoms with Gasteiger partial charge in [0.1, 0.15) is 11.5 Å². The maximum absolute atomic E-state index is 11.7. The van der Waals surface area contributed by atoms with Gasteiger partial charge in [-0.05, 0) is 41.8 Å². The maximum Gasteiger partial charge on any atom is 0.221 e. The van der Waals surface area contributed by atoms with E-state index in [2.05, 4.69) is 17.0 Å². The van der Waals surface area contributed by atoms with Crippen molar-refractivity contribution in [3.05, 3.63) is 60.7 Å². The van der Waals surface area contributed by atoms with Gasteiger partial charge >= 0.3 is 0 Å². The lowest BCUT2D eigenvalue weighted by Gasteiger charge is -2.17. The van der Waals surface area contributed by atoms with Crippen molar-refractivity contribution < 1.29 is 15.0 Å². The lowest BCUT2D eigenvalue weighted by molar-refractivity contribution is -0.114. The predicted molar refractivity (Wildman–Crippen MR) is 114 cm³/mol. The first kappa shape index (κ1) is 17.5. The van der Waals surface area contributed by atoms with Crippen LogP contribution >= 0.6 is 0 Å². The van der Waals surface area contributed by atoms with Crippen molar-refractivity contribution in [3.8, 4) is 22.6 Å². The summed E-state index contributed by atoms with van der Waals surface area (Å²) in [6.07, 6.45) is 0. The molecule has 0 heterocycles. The third kappa shape index (κ3) is 2.74. The maximum atomic E-state index is 11.7. The molecule has 0 saturated heterocycles. The molecule has 138 valence electrons. The third-order valence-electron chi connectivity index (χ3n) is 4.76. The number of nitrogens with one attached hydrogen (secondary N) is 1. The van der Waals surface area contributed by atoms with Gasteiger partial charge in [-0.15, -0.1) is 0 Å². The number of benzene rings is 4. The predicted octanol–water partition coefficient (Wildman–Crippen LogP) is 5.36. The van der Waals surface area contributed by atoms with E-state index in [0.29, 0.717) is 33.3 Å². The molecule has 4 rings (SSSR count). The highest BCUT2D eigenvalue weighted by Crippen LogP contribution is 2.48. The van der Waals surface area contributed by atoms with Crippen molar-refractivity contribution in [3.63, 3.8) is 0 Å². The lowest BCUT2D eigenvalue weighted by Crippen LogP contribution is -2.06. The molecule has 0 radical (unpaired) electrons. The number of hydrogen-bond acceptors (Lipinski definition) is 4. The van der Waals surface area contributed by atoms with Crippen LogP contribution in [0.2, 0.25) is 0 Å². The fraction of sp³-hybridized carbons (Fsp3) is 0.0435. The van der Waals surface area contributed by atoms with Crippen LogP contribution < -0.4 is 5.32 Å². The van der Waals surface area contributed by atoms with E-state index in [1.54, 1.807) is 36.4 Å². The van der Waals surface area contributed by atoms with Crippen LogP contribution in [0.15, 0.2) is 65.7 Å². The molecule has 0 fully saturated rings. The number of anilines is 1. The van der Waals surface area contributed by atoms with E-state index in [1.807, 2.05) is 24.3 Å². The Hall–Kier alpha value is -3.86. The molecule has 28 heavy (non-hydrogen) atoms. The number of aromatic hydroxyl groups is 2. The van der Waals surface area contributed by atoms with Crippen LogP contribution in [0, 0.1) is 0 Å². The van der Waals surface area contributed by atoms with Gasteiger partial charge in [-0.2, -0.15) is 0 Å². The molecule has 0 aliphatic heterocycles. The first-order valence-corrected chi connectivity index (χ1v) is 8.75. The van der Waals surface area contributed by atoms with Gasteiger partial charge in [-0.25, -0.2) is 0 Å². The Labute approximate surface area is 161 Å². The average molecular weight is 370 g/mol. The molecule has 0 atom stereocenters. The van der Waals surface area contributed by atoms with E-state index in [1.165, 1.54) is 6.92 Å². The molecule has 0 spiro atoms. The molecule has 1 amide bonds. The van der Waals surface area contributed by atoms with Crippen LogP contribution in [0.4, 0.5) is 11.4 Å². The smallest absolute Gasteiger partial charge is 0.221 e. The van der Waals surface area contributed by atoms with Crippen LogP contribution in [-0.4, -0.2) is 22.8 Å². The van der Waals surface area contributed by atoms with Crippen LogP contribution in [0.1, 0.15) is 6.92 Å². The summed E-state index contributed by atoms with van der Waals surface area (Å²) in [5.41, 5.74) is 2.02. The van der Waals surface area contributed by atoms with Crippen LogP contribution in [-0.2, 0) is 4.79 Å². The molecule has 5 nitrogen and oxygen atoms in total. The monoisotopic (exact) mass is 370 g/mol. The second-order valence-corrected chi connectivity index (χ2v) is 6.54. The van der Waals surface area contributed by atoms with Gasteiger partial charge in [0, 0.05) is 34.5 Å². The van der Waals surface area contributed by atoms with E-state index in [9.17, 15) is 15.0 Å². The summed E-state index contributed by atoms with van der Waals surface area (Å²) in [5, 5.41) is 27.4. The minimum atomic E-state index is -0.225. The molecular weight excluding hydrogens is 352 g/mol. The summed E-state index contributed by atoms with van der Waals surface area (Å²) in [6.45, 7) is 5.06. The molecule has 0 aliphatic carbocycles. The summed E-state index contributed by atoms with van der Waals surface area (Å²) in [4.78, 5) is 15.8. The SMILES string of the molecule is C=Nc1cccc2ccc(O)c(-c3c(O)ccc4cccc(NC(C)=O)c34)c12. The number of carbonyl (C=O) groups excluding carboxylic acids is 1. The Balaban J connectivity index is 2.22. The number of rotatable bonds is 3. The summed E-state index contributed by atoms with van der Waals surface area (Å²) in [6, 6.07) is 17.8. The quantitative estimate of drug-likeness (QED) is 0.425. The van der Waals surface area contributed by atoms with Crippen molar-refractivity contribution in [2.24, 2.45) is 4.99 Å². The highest BCUT2D eigenvalue weighted by atomic mass is 16.3. The van der Waals surface area contributed by atoms with E-state index < -0.39 is 0 Å². The second kappa shape index (κ2) is 6.70. The minimum absolute atomic E-state index is 0.00373. The number of aliphatic imine (C=N–C) groups is 1. The van der Waals surface area contributed by atoms with E-state index in [0.717, 1.165) is 10.8 Å². The van der Waals surface area contributed by atoms with Crippen molar-refractivity contribution in [1.29, 1.82) is 0 Å². The molecule has 4 aromatic carbocycles. The Morgan fingerprint density at radius 1 is 0.857 bits per heavy atom. The topological polar surface area (TPSA) is 81.9 Å². The zero-order valence-corrected chi connectivity index (χ0v) is 15.2. The summed E-state index contributed by atoms with van der Waals surface area (Å²) in [7, 11) is 0. The Morgan fingerprint density at radius 3 is 2.04 bits per heavy atom. The molecule has 0 aliphatic rings. The molecule has 4 aromatic rings. The molecule has 3 N–H and O–H groups in total. The number of carbonyl (C=O) groups is 1. The number of amides is 1. The highest BCUT2D eigenvalue weighted by molar-refractivity contribution is 6.17. The number of hydrogen-bond donors (Lipinski definition) is 3. The van der Waals surface area contributed by atoms with E-state index in [4.69, 9.17) is 0 Å². The fourth-order valence-corrected chi connectivity index (χ4v) is 3.65. The third-order valence-corrected chi connectivity index (χ3v) is 4.76. The van der Waals surface area contributed by atoms with Gasteiger partial charge in [-0.3, -0.25) is 9.79 Å². The van der Waals surface area contributed by atoms with E-state index >= 15 is 0 Å². The lowest BCUT2D eigenvalue weighted by atomic mass is 9.90. The number of fused-ring (bicyclic) bond motifs is 2. The van der Waals surface area contributed by atoms with Gasteiger partial charge in [0.05, 0.1) is 5.69 Å². The zero-order chi connectivity index (χ0) is 19.8. The largest absolute Gasteiger partial charge is 0.507 e. The van der Waals surface area contributed by atoms with Crippen molar-refractivity contribution in [2.75, 3.05) is 5.32 Å². The Kier molecular flexibility index (Phi) is 4.20. The van der Waals surface area contributed by atoms with Crippen LogP contribution in [0.5, 0.6) is 11.5 Å². The number of nitrogens with zero attached hydrogens (tertiary/aromatic N) is 1. The fourth-order valence-electron chi connectivity index (χ4n) is 3.65. The summed E-state index contributed by atoms with van der Waals surface area (Å²) < 4.78 is 0. The normalized spacial score (nSPS) is 10.9. The first-order valence-electron chi connectivity index (χ1n) is 8.75. The number of phenolic OH excluding ortho intramolecular Hbond substituents is 2. The van der Waals surface area contributed by atoms with Gasteiger partial charge < -0.3 is 15.5 Å². The zero-order valence-electron chi connectivity index (χ0n) is 15.2. The minimum Gasteiger partial charge on any atom is -0.507 e. The van der Waals surface area contributed by atoms with Gasteiger partial charge in [0.15, 0.2) is 0 Å². The van der Waals surface area contributed by atoms with Crippen molar-refractivity contribution >= 4 is 45.5 Å². The molecular formula is C23H18N2O3. The molecule has 0 unspecified atom stereocenters. The van der Waals surface area contributed by atoms with Crippen molar-refractivity contribution in [2.45, 2.75) is 6.92 Å². The van der Waals surface area contributed by atoms with Crippen LogP contribution in [0.3, 0.4) is 0 Å². The first-order chi connectivity index (χ1) is 13.5. The van der Waals surface area contributed by atoms with Gasteiger partial charge in [0.2, 0.25) is 5.91 Å². The molecule has 0 saturated carbocycles. The summed E-state index contributed by atoms with van der Waals surface area (Å²) >= 11 is 0. The van der Waals surface area contributed by atoms with Gasteiger partial charge in [0.25, 0.3) is 0 Å². The standard InChI is InChI=1S/C23H18N2O3/c1-13(26)25-17-8-4-6-15-10-12-19(28)23(21(15)17)22-18(27)11-9-14-5-3-7-16(24-2)20(14)22/h3-12,27-28H,2H2,1H3,(H,25,26). The molecule has 0 aromatic heterocycles.